The van der Waals surface area contributed by atoms with Gasteiger partial charge in [0, 0.05) is 24.6 Å². The molecule has 6 heteroatoms. The highest BCUT2D eigenvalue weighted by Gasteiger charge is 2.38. The first-order chi connectivity index (χ1) is 14.2. The summed E-state index contributed by atoms with van der Waals surface area (Å²) in [5.41, 5.74) is 2.63. The van der Waals surface area contributed by atoms with Crippen LogP contribution in [0.1, 0.15) is 32.1 Å². The molecule has 1 aliphatic heterocycles. The average molecular weight is 406 g/mol. The molecule has 1 N–H and O–H groups in total. The number of nitrogens with zero attached hydrogens (tertiary/aromatic N) is 2. The van der Waals surface area contributed by atoms with Gasteiger partial charge in [0.1, 0.15) is 5.01 Å². The van der Waals surface area contributed by atoms with Gasteiger partial charge in [-0.25, -0.2) is 4.98 Å². The molecular weight excluding hydrogens is 382 g/mol. The molecule has 148 valence electrons. The molecular formula is C23H23N3O2S. The molecule has 5 nitrogen and oxygen atoms in total. The SMILES string of the molecule is O=C(Nc1ccccc1-c1nc2ccccc2s1)[C@H]1CC(=O)N(C2CCCC2)C1. The third-order valence-corrected chi connectivity index (χ3v) is 7.07. The summed E-state index contributed by atoms with van der Waals surface area (Å²) in [6, 6.07) is 16.1. The minimum absolute atomic E-state index is 0.0765. The smallest absolute Gasteiger partial charge is 0.229 e. The molecule has 5 rings (SSSR count). The number of amides is 2. The van der Waals surface area contributed by atoms with Gasteiger partial charge in [-0.2, -0.15) is 0 Å². The van der Waals surface area contributed by atoms with E-state index in [4.69, 9.17) is 4.98 Å². The number of thiazole rings is 1. The van der Waals surface area contributed by atoms with Crippen molar-refractivity contribution in [1.29, 1.82) is 0 Å². The van der Waals surface area contributed by atoms with Gasteiger partial charge in [0.2, 0.25) is 11.8 Å². The molecule has 0 bridgehead atoms. The Kier molecular flexibility index (Phi) is 4.79. The van der Waals surface area contributed by atoms with Crippen molar-refractivity contribution in [2.75, 3.05) is 11.9 Å². The summed E-state index contributed by atoms with van der Waals surface area (Å²) in [7, 11) is 0. The first-order valence-corrected chi connectivity index (χ1v) is 11.1. The van der Waals surface area contributed by atoms with Crippen molar-refractivity contribution in [2.24, 2.45) is 5.92 Å². The number of carbonyl (C=O) groups is 2. The minimum atomic E-state index is -0.286. The van der Waals surface area contributed by atoms with Crippen molar-refractivity contribution in [3.63, 3.8) is 0 Å². The van der Waals surface area contributed by atoms with E-state index in [1.54, 1.807) is 11.3 Å². The maximum absolute atomic E-state index is 13.0. The van der Waals surface area contributed by atoms with Gasteiger partial charge in [0.15, 0.2) is 0 Å². The predicted molar refractivity (Wildman–Crippen MR) is 116 cm³/mol. The van der Waals surface area contributed by atoms with Gasteiger partial charge < -0.3 is 10.2 Å². The summed E-state index contributed by atoms with van der Waals surface area (Å²) in [5, 5.41) is 3.96. The molecule has 2 heterocycles. The number of likely N-dealkylation sites (tertiary alicyclic amines) is 1. The quantitative estimate of drug-likeness (QED) is 0.685. The standard InChI is InChI=1S/C23H23N3O2S/c27-21-13-15(14-26(21)16-7-1-2-8-16)22(28)24-18-10-4-3-9-17(18)23-25-19-11-5-6-12-20(19)29-23/h3-6,9-12,15-16H,1-2,7-8,13-14H2,(H,24,28)/t15-/m0/s1. The first kappa shape index (κ1) is 18.3. The van der Waals surface area contributed by atoms with E-state index >= 15 is 0 Å². The first-order valence-electron chi connectivity index (χ1n) is 10.2. The summed E-state index contributed by atoms with van der Waals surface area (Å²) in [5.74, 6) is -0.240. The van der Waals surface area contributed by atoms with Crippen molar-refractivity contribution in [3.8, 4) is 10.6 Å². The average Bonchev–Trinajstić information content (AvgIpc) is 3.47. The summed E-state index contributed by atoms with van der Waals surface area (Å²) in [4.78, 5) is 32.1. The zero-order valence-corrected chi connectivity index (χ0v) is 17.0. The third kappa shape index (κ3) is 3.53. The number of rotatable bonds is 4. The van der Waals surface area contributed by atoms with Crippen LogP contribution in [0.3, 0.4) is 0 Å². The molecule has 1 saturated heterocycles. The van der Waals surface area contributed by atoms with E-state index in [0.717, 1.165) is 39.3 Å². The molecule has 2 fully saturated rings. The Labute approximate surface area is 173 Å². The van der Waals surface area contributed by atoms with E-state index in [1.807, 2.05) is 47.4 Å². The molecule has 3 aromatic rings. The Morgan fingerprint density at radius 2 is 1.83 bits per heavy atom. The van der Waals surface area contributed by atoms with Crippen LogP contribution >= 0.6 is 11.3 Å². The van der Waals surface area contributed by atoms with Crippen LogP contribution < -0.4 is 5.32 Å². The number of nitrogens with one attached hydrogen (secondary N) is 1. The van der Waals surface area contributed by atoms with Crippen LogP contribution in [0, 0.1) is 5.92 Å². The summed E-state index contributed by atoms with van der Waals surface area (Å²) >= 11 is 1.62. The number of carbonyl (C=O) groups excluding carboxylic acids is 2. The van der Waals surface area contributed by atoms with E-state index in [9.17, 15) is 9.59 Å². The van der Waals surface area contributed by atoms with Crippen LogP contribution in [-0.2, 0) is 9.59 Å². The zero-order chi connectivity index (χ0) is 19.8. The van der Waals surface area contributed by atoms with Crippen LogP contribution in [0.2, 0.25) is 0 Å². The van der Waals surface area contributed by atoms with Crippen LogP contribution in [0.5, 0.6) is 0 Å². The lowest BCUT2D eigenvalue weighted by Crippen LogP contribution is -2.35. The largest absolute Gasteiger partial charge is 0.339 e. The van der Waals surface area contributed by atoms with Gasteiger partial charge in [-0.1, -0.05) is 37.1 Å². The fourth-order valence-corrected chi connectivity index (χ4v) is 5.48. The van der Waals surface area contributed by atoms with Crippen LogP contribution in [0.4, 0.5) is 5.69 Å². The van der Waals surface area contributed by atoms with Gasteiger partial charge in [-0.3, -0.25) is 9.59 Å². The second kappa shape index (κ2) is 7.59. The molecule has 1 atom stereocenters. The maximum Gasteiger partial charge on any atom is 0.229 e. The van der Waals surface area contributed by atoms with E-state index < -0.39 is 0 Å². The van der Waals surface area contributed by atoms with E-state index in [2.05, 4.69) is 11.4 Å². The van der Waals surface area contributed by atoms with Crippen molar-refractivity contribution < 1.29 is 9.59 Å². The fraction of sp³-hybridized carbons (Fsp3) is 0.348. The van der Waals surface area contributed by atoms with E-state index in [1.165, 1.54) is 12.8 Å². The van der Waals surface area contributed by atoms with Gasteiger partial charge in [-0.05, 0) is 37.1 Å². The number of aromatic nitrogens is 1. The van der Waals surface area contributed by atoms with Crippen LogP contribution in [-0.4, -0.2) is 34.3 Å². The van der Waals surface area contributed by atoms with E-state index in [-0.39, 0.29) is 17.7 Å². The Hall–Kier alpha value is -2.73. The number of hydrogen-bond donors (Lipinski definition) is 1. The topological polar surface area (TPSA) is 62.3 Å². The Bertz CT molecular complexity index is 1040. The normalized spacial score (nSPS) is 19.9. The highest BCUT2D eigenvalue weighted by Crippen LogP contribution is 2.35. The molecule has 1 aliphatic carbocycles. The Morgan fingerprint density at radius 3 is 2.66 bits per heavy atom. The second-order valence-electron chi connectivity index (χ2n) is 7.91. The Morgan fingerprint density at radius 1 is 1.07 bits per heavy atom. The fourth-order valence-electron chi connectivity index (χ4n) is 4.48. The minimum Gasteiger partial charge on any atom is -0.339 e. The molecule has 0 spiro atoms. The molecule has 1 saturated carbocycles. The molecule has 2 amide bonds. The molecule has 1 aromatic heterocycles. The molecule has 0 radical (unpaired) electrons. The Balaban J connectivity index is 1.36. The molecule has 2 aliphatic rings. The van der Waals surface area contributed by atoms with Crippen LogP contribution in [0.15, 0.2) is 48.5 Å². The van der Waals surface area contributed by atoms with Gasteiger partial charge in [-0.15, -0.1) is 11.3 Å². The van der Waals surface area contributed by atoms with Gasteiger partial charge in [0.25, 0.3) is 0 Å². The highest BCUT2D eigenvalue weighted by atomic mass is 32.1. The highest BCUT2D eigenvalue weighted by molar-refractivity contribution is 7.21. The van der Waals surface area contributed by atoms with Crippen molar-refractivity contribution in [3.05, 3.63) is 48.5 Å². The van der Waals surface area contributed by atoms with Crippen molar-refractivity contribution in [1.82, 2.24) is 9.88 Å². The maximum atomic E-state index is 13.0. The number of anilines is 1. The predicted octanol–water partition coefficient (Wildman–Crippen LogP) is 4.69. The number of benzene rings is 2. The number of para-hydroxylation sites is 2. The zero-order valence-electron chi connectivity index (χ0n) is 16.1. The molecule has 29 heavy (non-hydrogen) atoms. The van der Waals surface area contributed by atoms with Crippen molar-refractivity contribution in [2.45, 2.75) is 38.1 Å². The lowest BCUT2D eigenvalue weighted by Gasteiger charge is -2.24. The second-order valence-corrected chi connectivity index (χ2v) is 8.94. The number of fused-ring (bicyclic) bond motifs is 1. The van der Waals surface area contributed by atoms with Gasteiger partial charge >= 0.3 is 0 Å². The summed E-state index contributed by atoms with van der Waals surface area (Å²) in [6.07, 6.45) is 4.81. The van der Waals surface area contributed by atoms with Crippen molar-refractivity contribution >= 4 is 39.1 Å². The summed E-state index contributed by atoms with van der Waals surface area (Å²) < 4.78 is 1.12. The van der Waals surface area contributed by atoms with Crippen LogP contribution in [0.25, 0.3) is 20.8 Å². The summed E-state index contributed by atoms with van der Waals surface area (Å²) in [6.45, 7) is 0.540. The molecule has 2 aromatic carbocycles. The van der Waals surface area contributed by atoms with E-state index in [0.29, 0.717) is 19.0 Å². The molecule has 0 unspecified atom stereocenters. The monoisotopic (exact) mass is 405 g/mol. The number of hydrogen-bond acceptors (Lipinski definition) is 4. The van der Waals surface area contributed by atoms with Gasteiger partial charge in [0.05, 0.1) is 21.8 Å². The lowest BCUT2D eigenvalue weighted by atomic mass is 10.1. The third-order valence-electron chi connectivity index (χ3n) is 6.00. The lowest BCUT2D eigenvalue weighted by molar-refractivity contribution is -0.129.